The summed E-state index contributed by atoms with van der Waals surface area (Å²) in [5.41, 5.74) is -0.115. The number of hydrogen-bond acceptors (Lipinski definition) is 5. The molecule has 154 valence electrons. The van der Waals surface area contributed by atoms with Crippen LogP contribution in [0, 0.1) is 5.82 Å². The minimum absolute atomic E-state index is 0.0502. The van der Waals surface area contributed by atoms with E-state index in [0.717, 1.165) is 18.2 Å². The van der Waals surface area contributed by atoms with Gasteiger partial charge in [-0.3, -0.25) is 14.9 Å². The maximum absolute atomic E-state index is 13.1. The van der Waals surface area contributed by atoms with Gasteiger partial charge in [0.15, 0.2) is 12.4 Å². The monoisotopic (exact) mass is 452 g/mol. The molecule has 1 fully saturated rings. The largest absolute Gasteiger partial charge is 0.479 e. The van der Waals surface area contributed by atoms with Crippen LogP contribution in [0.1, 0.15) is 5.56 Å². The maximum Gasteiger partial charge on any atom is 0.341 e. The molecule has 2 aromatic rings. The Bertz CT molecular complexity index is 1080. The first kappa shape index (κ1) is 21.3. The number of ether oxygens (including phenoxy) is 1. The van der Waals surface area contributed by atoms with Crippen LogP contribution >= 0.6 is 23.2 Å². The van der Waals surface area contributed by atoms with Crippen LogP contribution in [0.4, 0.5) is 14.9 Å². The molecule has 3 rings (SSSR count). The zero-order valence-electron chi connectivity index (χ0n) is 14.8. The van der Waals surface area contributed by atoms with Gasteiger partial charge in [-0.25, -0.2) is 18.9 Å². The summed E-state index contributed by atoms with van der Waals surface area (Å²) in [6.45, 7) is -0.671. The summed E-state index contributed by atoms with van der Waals surface area (Å²) >= 11 is 12.1. The number of rotatable bonds is 5. The second kappa shape index (κ2) is 8.52. The van der Waals surface area contributed by atoms with Crippen molar-refractivity contribution in [1.29, 1.82) is 0 Å². The number of urea groups is 1. The summed E-state index contributed by atoms with van der Waals surface area (Å²) in [6, 6.07) is 6.16. The fourth-order valence-electron chi connectivity index (χ4n) is 2.58. The zero-order valence-corrected chi connectivity index (χ0v) is 16.3. The molecule has 0 bridgehead atoms. The standard InChI is InChI=1S/C19H11Cl2FN2O6/c20-13-6-9(7-14(21)16(13)30-8-15(25)26)5-12-17(27)23-19(29)24(18(12)28)11-3-1-10(22)2-4-11/h1-7H,8H2,(H,25,26)(H,23,27,29). The number of carboxylic acids is 1. The molecule has 2 N–H and O–H groups in total. The molecule has 1 saturated heterocycles. The number of nitrogens with one attached hydrogen (secondary N) is 1. The number of amides is 4. The summed E-state index contributed by atoms with van der Waals surface area (Å²) in [7, 11) is 0. The van der Waals surface area contributed by atoms with E-state index in [1.807, 2.05) is 5.32 Å². The first-order valence-corrected chi connectivity index (χ1v) is 8.93. The zero-order chi connectivity index (χ0) is 22.0. The van der Waals surface area contributed by atoms with Crippen molar-refractivity contribution in [3.05, 3.63) is 63.4 Å². The van der Waals surface area contributed by atoms with Crippen LogP contribution in [0.2, 0.25) is 10.0 Å². The fourth-order valence-corrected chi connectivity index (χ4v) is 3.20. The first-order chi connectivity index (χ1) is 14.2. The van der Waals surface area contributed by atoms with Gasteiger partial charge in [-0.15, -0.1) is 0 Å². The highest BCUT2D eigenvalue weighted by Crippen LogP contribution is 2.35. The molecule has 1 heterocycles. The molecule has 0 radical (unpaired) electrons. The SMILES string of the molecule is O=C(O)COc1c(Cl)cc(C=C2C(=O)NC(=O)N(c3ccc(F)cc3)C2=O)cc1Cl. The Morgan fingerprint density at radius 3 is 2.30 bits per heavy atom. The van der Waals surface area contributed by atoms with Gasteiger partial charge in [-0.05, 0) is 48.0 Å². The Morgan fingerprint density at radius 2 is 1.73 bits per heavy atom. The van der Waals surface area contributed by atoms with Crippen molar-refractivity contribution in [2.24, 2.45) is 0 Å². The lowest BCUT2D eigenvalue weighted by Crippen LogP contribution is -2.54. The van der Waals surface area contributed by atoms with E-state index < -0.39 is 41.8 Å². The Balaban J connectivity index is 1.96. The molecule has 1 aliphatic heterocycles. The lowest BCUT2D eigenvalue weighted by molar-refractivity contribution is -0.139. The minimum Gasteiger partial charge on any atom is -0.479 e. The normalized spacial score (nSPS) is 15.4. The Kier molecular flexibility index (Phi) is 6.04. The highest BCUT2D eigenvalue weighted by atomic mass is 35.5. The Hall–Kier alpha value is -3.43. The van der Waals surface area contributed by atoms with E-state index in [1.54, 1.807) is 0 Å². The summed E-state index contributed by atoms with van der Waals surface area (Å²) in [4.78, 5) is 48.4. The van der Waals surface area contributed by atoms with Crippen LogP contribution in [0.25, 0.3) is 6.08 Å². The number of carbonyl (C=O) groups excluding carboxylic acids is 3. The molecule has 0 spiro atoms. The molecule has 0 atom stereocenters. The summed E-state index contributed by atoms with van der Waals surface area (Å²) < 4.78 is 18.1. The topological polar surface area (TPSA) is 113 Å². The third-order valence-electron chi connectivity index (χ3n) is 3.86. The third-order valence-corrected chi connectivity index (χ3v) is 4.42. The molecule has 4 amide bonds. The van der Waals surface area contributed by atoms with Crippen molar-refractivity contribution in [3.63, 3.8) is 0 Å². The number of carbonyl (C=O) groups is 4. The summed E-state index contributed by atoms with van der Waals surface area (Å²) in [5, 5.41) is 10.6. The lowest BCUT2D eigenvalue weighted by atomic mass is 10.1. The van der Waals surface area contributed by atoms with Gasteiger partial charge >= 0.3 is 12.0 Å². The summed E-state index contributed by atoms with van der Waals surface area (Å²) in [5.74, 6) is -3.76. The molecule has 0 aliphatic carbocycles. The van der Waals surface area contributed by atoms with Gasteiger partial charge < -0.3 is 9.84 Å². The second-order valence-corrected chi connectivity index (χ2v) is 6.74. The van der Waals surface area contributed by atoms with E-state index in [1.165, 1.54) is 24.3 Å². The van der Waals surface area contributed by atoms with Crippen LogP contribution in [0.15, 0.2) is 42.0 Å². The van der Waals surface area contributed by atoms with Gasteiger partial charge in [-0.1, -0.05) is 23.2 Å². The first-order valence-electron chi connectivity index (χ1n) is 8.18. The van der Waals surface area contributed by atoms with E-state index in [4.69, 9.17) is 33.0 Å². The summed E-state index contributed by atoms with van der Waals surface area (Å²) in [6.07, 6.45) is 1.15. The number of barbiturate groups is 1. The van der Waals surface area contributed by atoms with Gasteiger partial charge in [0.2, 0.25) is 0 Å². The van der Waals surface area contributed by atoms with E-state index in [2.05, 4.69) is 0 Å². The number of anilines is 1. The van der Waals surface area contributed by atoms with Gasteiger partial charge in [0.05, 0.1) is 15.7 Å². The lowest BCUT2D eigenvalue weighted by Gasteiger charge is -2.26. The molecule has 30 heavy (non-hydrogen) atoms. The second-order valence-electron chi connectivity index (χ2n) is 5.93. The molecule has 1 aliphatic rings. The average Bonchev–Trinajstić information content (AvgIpc) is 2.65. The van der Waals surface area contributed by atoms with Crippen LogP contribution in [-0.4, -0.2) is 35.5 Å². The molecular formula is C19H11Cl2FN2O6. The highest BCUT2D eigenvalue weighted by Gasteiger charge is 2.36. The smallest absolute Gasteiger partial charge is 0.341 e. The number of aliphatic carboxylic acids is 1. The quantitative estimate of drug-likeness (QED) is 0.531. The van der Waals surface area contributed by atoms with Crippen molar-refractivity contribution in [2.45, 2.75) is 0 Å². The van der Waals surface area contributed by atoms with Crippen LogP contribution < -0.4 is 15.0 Å². The minimum atomic E-state index is -1.23. The van der Waals surface area contributed by atoms with E-state index in [-0.39, 0.29) is 27.0 Å². The number of nitrogens with zero attached hydrogens (tertiary/aromatic N) is 1. The molecular weight excluding hydrogens is 442 g/mol. The number of hydrogen-bond donors (Lipinski definition) is 2. The van der Waals surface area contributed by atoms with Crippen molar-refractivity contribution in [1.82, 2.24) is 5.32 Å². The molecule has 8 nitrogen and oxygen atoms in total. The van der Waals surface area contributed by atoms with Crippen LogP contribution in [-0.2, 0) is 14.4 Å². The third kappa shape index (κ3) is 4.42. The molecule has 0 saturated carbocycles. The maximum atomic E-state index is 13.1. The number of benzene rings is 2. The average molecular weight is 453 g/mol. The van der Waals surface area contributed by atoms with Crippen molar-refractivity contribution >= 4 is 58.8 Å². The van der Waals surface area contributed by atoms with E-state index in [0.29, 0.717) is 4.90 Å². The van der Waals surface area contributed by atoms with Gasteiger partial charge in [0.25, 0.3) is 11.8 Å². The molecule has 11 heteroatoms. The predicted molar refractivity (Wildman–Crippen MR) is 105 cm³/mol. The van der Waals surface area contributed by atoms with Crippen molar-refractivity contribution < 1.29 is 33.4 Å². The highest BCUT2D eigenvalue weighted by molar-refractivity contribution is 6.40. The van der Waals surface area contributed by atoms with Gasteiger partial charge in [-0.2, -0.15) is 0 Å². The van der Waals surface area contributed by atoms with Gasteiger partial charge in [0, 0.05) is 0 Å². The molecule has 2 aromatic carbocycles. The van der Waals surface area contributed by atoms with Crippen molar-refractivity contribution in [3.8, 4) is 5.75 Å². The number of imide groups is 2. The Morgan fingerprint density at radius 1 is 1.13 bits per heavy atom. The molecule has 0 aromatic heterocycles. The number of halogens is 3. The van der Waals surface area contributed by atoms with Gasteiger partial charge in [0.1, 0.15) is 11.4 Å². The molecule has 0 unspecified atom stereocenters. The predicted octanol–water partition coefficient (Wildman–Crippen LogP) is 3.26. The van der Waals surface area contributed by atoms with E-state index in [9.17, 15) is 23.6 Å². The van der Waals surface area contributed by atoms with Crippen LogP contribution in [0.5, 0.6) is 5.75 Å². The van der Waals surface area contributed by atoms with E-state index >= 15 is 0 Å². The van der Waals surface area contributed by atoms with Crippen molar-refractivity contribution in [2.75, 3.05) is 11.5 Å². The fraction of sp³-hybridized carbons (Fsp3) is 0.0526. The number of carboxylic acid groups (broad SMARTS) is 1. The Labute approximate surface area is 178 Å². The van der Waals surface area contributed by atoms with Crippen LogP contribution in [0.3, 0.4) is 0 Å².